The average molecular weight is 260 g/mol. The summed E-state index contributed by atoms with van der Waals surface area (Å²) in [7, 11) is 1.56. The SMILES string of the molecule is COc1ccc(-c2nc(C(=O)O)cc(=O)[nH]2)cc1C. The Labute approximate surface area is 108 Å². The van der Waals surface area contributed by atoms with Crippen LogP contribution in [-0.2, 0) is 0 Å². The highest BCUT2D eigenvalue weighted by atomic mass is 16.5. The fourth-order valence-electron chi connectivity index (χ4n) is 1.73. The minimum Gasteiger partial charge on any atom is -0.496 e. The number of carboxylic acid groups (broad SMARTS) is 1. The van der Waals surface area contributed by atoms with Crippen LogP contribution in [0, 0.1) is 6.92 Å². The van der Waals surface area contributed by atoms with Gasteiger partial charge in [-0.1, -0.05) is 0 Å². The van der Waals surface area contributed by atoms with E-state index in [1.165, 1.54) is 0 Å². The van der Waals surface area contributed by atoms with Crippen molar-refractivity contribution in [3.8, 4) is 17.1 Å². The normalized spacial score (nSPS) is 10.2. The molecule has 0 bridgehead atoms. The number of rotatable bonds is 3. The maximum absolute atomic E-state index is 11.4. The Morgan fingerprint density at radius 1 is 1.37 bits per heavy atom. The summed E-state index contributed by atoms with van der Waals surface area (Å²) < 4.78 is 5.14. The monoisotopic (exact) mass is 260 g/mol. The summed E-state index contributed by atoms with van der Waals surface area (Å²) in [5, 5.41) is 8.88. The van der Waals surface area contributed by atoms with Crippen LogP contribution in [0.25, 0.3) is 11.4 Å². The number of H-pyrrole nitrogens is 1. The van der Waals surface area contributed by atoms with Crippen molar-refractivity contribution in [1.29, 1.82) is 0 Å². The summed E-state index contributed by atoms with van der Waals surface area (Å²) in [6, 6.07) is 6.15. The number of carboxylic acids is 1. The molecule has 2 N–H and O–H groups in total. The minimum absolute atomic E-state index is 0.218. The van der Waals surface area contributed by atoms with Crippen molar-refractivity contribution in [2.75, 3.05) is 7.11 Å². The molecule has 0 unspecified atom stereocenters. The van der Waals surface area contributed by atoms with Gasteiger partial charge < -0.3 is 14.8 Å². The second-order valence-corrected chi connectivity index (χ2v) is 3.97. The van der Waals surface area contributed by atoms with E-state index in [-0.39, 0.29) is 11.5 Å². The van der Waals surface area contributed by atoms with Crippen molar-refractivity contribution in [1.82, 2.24) is 9.97 Å². The smallest absolute Gasteiger partial charge is 0.354 e. The van der Waals surface area contributed by atoms with E-state index in [2.05, 4.69) is 9.97 Å². The predicted octanol–water partition coefficient (Wildman–Crippen LogP) is 1.45. The van der Waals surface area contributed by atoms with Crippen LogP contribution in [0.3, 0.4) is 0 Å². The minimum atomic E-state index is -1.24. The topological polar surface area (TPSA) is 92.3 Å². The molecule has 0 spiro atoms. The molecule has 0 aliphatic carbocycles. The molecule has 6 heteroatoms. The Balaban J connectivity index is 2.55. The van der Waals surface area contributed by atoms with Gasteiger partial charge in [0.1, 0.15) is 11.6 Å². The molecule has 0 radical (unpaired) electrons. The van der Waals surface area contributed by atoms with Gasteiger partial charge in [-0.25, -0.2) is 9.78 Å². The van der Waals surface area contributed by atoms with Crippen LogP contribution in [0.1, 0.15) is 16.1 Å². The van der Waals surface area contributed by atoms with E-state index >= 15 is 0 Å². The van der Waals surface area contributed by atoms with Gasteiger partial charge in [-0.15, -0.1) is 0 Å². The Morgan fingerprint density at radius 2 is 2.11 bits per heavy atom. The van der Waals surface area contributed by atoms with E-state index < -0.39 is 11.5 Å². The zero-order valence-electron chi connectivity index (χ0n) is 10.4. The Hall–Kier alpha value is -2.63. The maximum atomic E-state index is 11.4. The number of hydrogen-bond acceptors (Lipinski definition) is 4. The van der Waals surface area contributed by atoms with Crippen LogP contribution in [0.4, 0.5) is 0 Å². The van der Waals surface area contributed by atoms with Gasteiger partial charge in [0.05, 0.1) is 7.11 Å². The number of carbonyl (C=O) groups is 1. The molecule has 1 aromatic heterocycles. The molecule has 0 aliphatic rings. The fraction of sp³-hybridized carbons (Fsp3) is 0.154. The van der Waals surface area contributed by atoms with E-state index in [1.807, 2.05) is 6.92 Å². The molecule has 6 nitrogen and oxygen atoms in total. The Bertz CT molecular complexity index is 691. The largest absolute Gasteiger partial charge is 0.496 e. The third kappa shape index (κ3) is 2.62. The predicted molar refractivity (Wildman–Crippen MR) is 68.5 cm³/mol. The number of hydrogen-bond donors (Lipinski definition) is 2. The molecule has 0 saturated carbocycles. The average Bonchev–Trinajstić information content (AvgIpc) is 2.37. The van der Waals surface area contributed by atoms with Crippen molar-refractivity contribution >= 4 is 5.97 Å². The van der Waals surface area contributed by atoms with E-state index in [4.69, 9.17) is 9.84 Å². The maximum Gasteiger partial charge on any atom is 0.354 e. The lowest BCUT2D eigenvalue weighted by atomic mass is 10.1. The van der Waals surface area contributed by atoms with Crippen molar-refractivity contribution in [2.24, 2.45) is 0 Å². The van der Waals surface area contributed by atoms with Crippen LogP contribution >= 0.6 is 0 Å². The van der Waals surface area contributed by atoms with Crippen LogP contribution in [0.2, 0.25) is 0 Å². The number of ether oxygens (including phenoxy) is 1. The second kappa shape index (κ2) is 4.93. The van der Waals surface area contributed by atoms with Gasteiger partial charge in [0.15, 0.2) is 5.69 Å². The number of benzene rings is 1. The zero-order chi connectivity index (χ0) is 14.0. The Morgan fingerprint density at radius 3 is 2.68 bits per heavy atom. The first kappa shape index (κ1) is 12.8. The summed E-state index contributed by atoms with van der Waals surface area (Å²) in [6.45, 7) is 1.85. The summed E-state index contributed by atoms with van der Waals surface area (Å²) >= 11 is 0. The van der Waals surface area contributed by atoms with Crippen LogP contribution in [0.5, 0.6) is 5.75 Å². The van der Waals surface area contributed by atoms with Gasteiger partial charge in [-0.05, 0) is 30.7 Å². The van der Waals surface area contributed by atoms with Gasteiger partial charge in [-0.3, -0.25) is 4.79 Å². The first-order valence-electron chi connectivity index (χ1n) is 5.51. The van der Waals surface area contributed by atoms with Crippen LogP contribution in [0.15, 0.2) is 29.1 Å². The van der Waals surface area contributed by atoms with Crippen molar-refractivity contribution in [3.05, 3.63) is 45.9 Å². The van der Waals surface area contributed by atoms with E-state index in [9.17, 15) is 9.59 Å². The number of aromatic nitrogens is 2. The van der Waals surface area contributed by atoms with E-state index in [0.717, 1.165) is 11.6 Å². The van der Waals surface area contributed by atoms with Gasteiger partial charge >= 0.3 is 5.97 Å². The number of nitrogens with zero attached hydrogens (tertiary/aromatic N) is 1. The van der Waals surface area contributed by atoms with Gasteiger partial charge in [0.2, 0.25) is 0 Å². The van der Waals surface area contributed by atoms with Crippen molar-refractivity contribution in [2.45, 2.75) is 6.92 Å². The van der Waals surface area contributed by atoms with Gasteiger partial charge in [-0.2, -0.15) is 0 Å². The Kier molecular flexibility index (Phi) is 3.33. The second-order valence-electron chi connectivity index (χ2n) is 3.97. The summed E-state index contributed by atoms with van der Waals surface area (Å²) in [5.41, 5.74) is 0.699. The van der Waals surface area contributed by atoms with Crippen molar-refractivity contribution < 1.29 is 14.6 Å². The highest BCUT2D eigenvalue weighted by molar-refractivity contribution is 5.85. The summed E-state index contributed by atoms with van der Waals surface area (Å²) in [5.74, 6) is -0.311. The molecule has 19 heavy (non-hydrogen) atoms. The molecule has 0 atom stereocenters. The summed E-state index contributed by atoms with van der Waals surface area (Å²) in [6.07, 6.45) is 0. The number of aromatic carboxylic acids is 1. The fourth-order valence-corrected chi connectivity index (χ4v) is 1.73. The molecule has 1 heterocycles. The number of aromatic amines is 1. The lowest BCUT2D eigenvalue weighted by molar-refractivity contribution is 0.0690. The quantitative estimate of drug-likeness (QED) is 0.871. The lowest BCUT2D eigenvalue weighted by Crippen LogP contribution is -2.13. The standard InChI is InChI=1S/C13H12N2O4/c1-7-5-8(3-4-10(7)19-2)12-14-9(13(17)18)6-11(16)15-12/h3-6H,1-2H3,(H,17,18)(H,14,15,16). The summed E-state index contributed by atoms with van der Waals surface area (Å²) in [4.78, 5) is 28.7. The molecule has 2 rings (SSSR count). The number of nitrogens with one attached hydrogen (secondary N) is 1. The van der Waals surface area contributed by atoms with Gasteiger partial charge in [0, 0.05) is 11.6 Å². The molecule has 0 aliphatic heterocycles. The highest BCUT2D eigenvalue weighted by Crippen LogP contribution is 2.23. The first-order valence-corrected chi connectivity index (χ1v) is 5.51. The first-order chi connectivity index (χ1) is 9.01. The lowest BCUT2D eigenvalue weighted by Gasteiger charge is -2.07. The van der Waals surface area contributed by atoms with E-state index in [1.54, 1.807) is 25.3 Å². The zero-order valence-corrected chi connectivity index (χ0v) is 10.4. The third-order valence-corrected chi connectivity index (χ3v) is 2.63. The van der Waals surface area contributed by atoms with Crippen molar-refractivity contribution in [3.63, 3.8) is 0 Å². The third-order valence-electron chi connectivity index (χ3n) is 2.63. The number of methoxy groups -OCH3 is 1. The van der Waals surface area contributed by atoms with Crippen LogP contribution < -0.4 is 10.3 Å². The molecule has 98 valence electrons. The molecule has 0 fully saturated rings. The van der Waals surface area contributed by atoms with E-state index in [0.29, 0.717) is 11.3 Å². The molecular formula is C13H12N2O4. The number of aryl methyl sites for hydroxylation is 1. The highest BCUT2D eigenvalue weighted by Gasteiger charge is 2.10. The molecule has 1 aromatic carbocycles. The van der Waals surface area contributed by atoms with Gasteiger partial charge in [0.25, 0.3) is 5.56 Å². The molecule has 2 aromatic rings. The van der Waals surface area contributed by atoms with Crippen LogP contribution in [-0.4, -0.2) is 28.2 Å². The molecule has 0 amide bonds. The molecule has 0 saturated heterocycles. The molecular weight excluding hydrogens is 248 g/mol.